The Morgan fingerprint density at radius 2 is 0.958 bits per heavy atom. The second-order valence-corrected chi connectivity index (χ2v) is 27.1. The van der Waals surface area contributed by atoms with Crippen molar-refractivity contribution in [1.29, 1.82) is 0 Å². The first kappa shape index (κ1) is 64.2. The molecule has 10 aliphatic rings. The highest BCUT2D eigenvalue weighted by Crippen LogP contribution is 2.49. The number of benzene rings is 4. The minimum atomic E-state index is -2.27. The number of nitrogens with zero attached hydrogens (tertiary/aromatic N) is 6. The molecule has 6 aromatic rings. The zero-order valence-electron chi connectivity index (χ0n) is 53.3. The quantitative estimate of drug-likeness (QED) is 0.0885. The van der Waals surface area contributed by atoms with Gasteiger partial charge in [0.05, 0.1) is 11.8 Å². The number of carboxylic acid groups (broad SMARTS) is 2. The lowest BCUT2D eigenvalue weighted by Crippen LogP contribution is -2.71. The van der Waals surface area contributed by atoms with Crippen molar-refractivity contribution < 1.29 is 78.5 Å². The summed E-state index contributed by atoms with van der Waals surface area (Å²) in [6, 6.07) is 28.2. The number of aliphatic carboxylic acids is 2. The monoisotopic (exact) mass is 1310 g/mol. The van der Waals surface area contributed by atoms with Crippen molar-refractivity contribution in [1.82, 2.24) is 50.0 Å². The molecule has 0 bridgehead atoms. The standard InChI is InChI=1S/2C33H35N5O5.C4H6O6/c2*1-32(35-29(39)21-15-23-22-10-6-11-24-28(22)20(17-34-24)16-25(23)36(2)18-21)31(41)38-26(14-19-8-4-3-5-9-19)30(40)37-13-7-12-27(37)33(38,42)43-32;5-1(3(7)8)2(6)4(9)10/h2*3-6,8-11,15,17,21,25-27,34,42H,7,12-14,16,18H2,1-2H3,(H,35,39);1-2,5-6H,(H,7,8)(H,9,10)/t2*21-,25-,26+,27+,32-,33+;/m11./s1. The third-order valence-electron chi connectivity index (χ3n) is 21.1. The molecule has 0 radical (unpaired) electrons. The summed E-state index contributed by atoms with van der Waals surface area (Å²) in [4.78, 5) is 120. The predicted molar refractivity (Wildman–Crippen MR) is 343 cm³/mol. The average molecular weight is 1310 g/mol. The summed E-state index contributed by atoms with van der Waals surface area (Å²) in [5.74, 6) is -11.1. The molecule has 6 amide bonds. The molecular formula is C70H76N10O16. The Kier molecular flexibility index (Phi) is 16.0. The third-order valence-corrected chi connectivity index (χ3v) is 21.1. The van der Waals surface area contributed by atoms with Gasteiger partial charge in [0.15, 0.2) is 12.2 Å². The Bertz CT molecular complexity index is 3990. The van der Waals surface area contributed by atoms with Crippen LogP contribution in [0.25, 0.3) is 33.0 Å². The number of likely N-dealkylation sites (N-methyl/N-ethyl adjacent to an activating group) is 2. The molecule has 4 aromatic carbocycles. The van der Waals surface area contributed by atoms with Crippen LogP contribution in [0, 0.1) is 11.8 Å². The molecule has 502 valence electrons. The van der Waals surface area contributed by atoms with Crippen LogP contribution in [-0.4, -0.2) is 229 Å². The number of H-pyrrole nitrogens is 2. The summed E-state index contributed by atoms with van der Waals surface area (Å²) in [5, 5.41) is 64.7. The van der Waals surface area contributed by atoms with E-state index >= 15 is 0 Å². The van der Waals surface area contributed by atoms with Crippen LogP contribution < -0.4 is 10.6 Å². The van der Waals surface area contributed by atoms with Crippen LogP contribution >= 0.6 is 0 Å². The number of aliphatic hydroxyl groups excluding tert-OH is 2. The van der Waals surface area contributed by atoms with Gasteiger partial charge in [-0.05, 0) is 123 Å². The minimum Gasteiger partial charge on any atom is -0.479 e. The highest BCUT2D eigenvalue weighted by atomic mass is 16.7. The molecule has 14 atom stereocenters. The first-order chi connectivity index (χ1) is 45.8. The molecule has 10 N–H and O–H groups in total. The number of aromatic amines is 2. The van der Waals surface area contributed by atoms with E-state index in [1.807, 2.05) is 99.0 Å². The molecule has 0 spiro atoms. The topological polar surface area (TPSA) is 351 Å². The molecule has 10 heterocycles. The van der Waals surface area contributed by atoms with Crippen LogP contribution in [0.3, 0.4) is 0 Å². The number of fused-ring (bicyclic) bond motifs is 10. The molecule has 0 saturated carbocycles. The highest BCUT2D eigenvalue weighted by molar-refractivity contribution is 6.03. The minimum absolute atomic E-state index is 0.144. The van der Waals surface area contributed by atoms with Crippen molar-refractivity contribution in [2.24, 2.45) is 11.8 Å². The average Bonchev–Trinajstić information content (AvgIpc) is 1.54. The fraction of sp³-hybridized carbons (Fsp3) is 0.429. The van der Waals surface area contributed by atoms with E-state index in [2.05, 4.69) is 67.1 Å². The molecule has 96 heavy (non-hydrogen) atoms. The maximum Gasteiger partial charge on any atom is 0.335 e. The predicted octanol–water partition coefficient (Wildman–Crippen LogP) is 1.86. The van der Waals surface area contributed by atoms with E-state index in [-0.39, 0.29) is 48.6 Å². The summed E-state index contributed by atoms with van der Waals surface area (Å²) in [6.45, 7) is 4.90. The summed E-state index contributed by atoms with van der Waals surface area (Å²) in [5.41, 5.74) is 7.17. The molecule has 2 unspecified atom stereocenters. The van der Waals surface area contributed by atoms with Crippen molar-refractivity contribution in [3.8, 4) is 0 Å². The van der Waals surface area contributed by atoms with Crippen molar-refractivity contribution in [2.75, 3.05) is 40.3 Å². The van der Waals surface area contributed by atoms with Gasteiger partial charge in [-0.3, -0.25) is 57.8 Å². The van der Waals surface area contributed by atoms with Crippen molar-refractivity contribution in [3.63, 3.8) is 0 Å². The lowest BCUT2D eigenvalue weighted by Gasteiger charge is -2.48. The number of nitrogens with one attached hydrogen (secondary N) is 4. The number of hydrogen-bond donors (Lipinski definition) is 10. The maximum absolute atomic E-state index is 14.2. The van der Waals surface area contributed by atoms with Gasteiger partial charge in [0.1, 0.15) is 24.2 Å². The van der Waals surface area contributed by atoms with E-state index in [0.29, 0.717) is 51.9 Å². The Labute approximate surface area is 550 Å². The van der Waals surface area contributed by atoms with Crippen LogP contribution in [0.2, 0.25) is 0 Å². The number of ether oxygens (including phenoxy) is 2. The Morgan fingerprint density at radius 3 is 1.33 bits per heavy atom. The molecule has 8 aliphatic heterocycles. The fourth-order valence-electron chi connectivity index (χ4n) is 16.5. The normalized spacial score (nSPS) is 31.5. The molecule has 6 fully saturated rings. The van der Waals surface area contributed by atoms with E-state index < -0.39 is 95.2 Å². The third kappa shape index (κ3) is 10.5. The van der Waals surface area contributed by atoms with Gasteiger partial charge in [-0.1, -0.05) is 97.1 Å². The van der Waals surface area contributed by atoms with Gasteiger partial charge in [0.25, 0.3) is 23.6 Å². The number of carboxylic acids is 2. The summed E-state index contributed by atoms with van der Waals surface area (Å²) in [7, 11) is 4.04. The SMILES string of the molecule is CN1C[C@H](C(=O)N[C@]2(C)O[C@@]3(O)[C@@H]4CCCN4C(=O)[C@H](Cc4ccccc4)N3C2=O)C=C2c3cccc4[nH]cc(c34)C[C@H]21.CN1C[C@H](C(=O)N[C@]2(C)O[C@@]3(O)[C@@H]4CCCN4C(=O)[C@H](Cc4ccccc4)N3C2=O)C=C2c3cccc4[nH]cc(c34)C[C@H]21.O=C(O)C(O)C(O)C(=O)O. The Hall–Kier alpha value is -9.12. The number of amides is 6. The first-order valence-electron chi connectivity index (χ1n) is 32.5. The Balaban J connectivity index is 0.000000145. The maximum atomic E-state index is 14.2. The van der Waals surface area contributed by atoms with E-state index in [0.717, 1.165) is 57.3 Å². The number of piperazine rings is 2. The van der Waals surface area contributed by atoms with Gasteiger partial charge in [0, 0.05) is 85.3 Å². The van der Waals surface area contributed by atoms with E-state index in [1.165, 1.54) is 45.5 Å². The van der Waals surface area contributed by atoms with Crippen molar-refractivity contribution >= 4 is 80.3 Å². The summed E-state index contributed by atoms with van der Waals surface area (Å²) in [6.07, 6.45) is 8.23. The number of rotatable bonds is 11. The number of carbonyl (C=O) groups excluding carboxylic acids is 6. The zero-order valence-corrected chi connectivity index (χ0v) is 53.3. The van der Waals surface area contributed by atoms with E-state index in [1.54, 1.807) is 9.80 Å². The van der Waals surface area contributed by atoms with Crippen LogP contribution in [-0.2, 0) is 73.5 Å². The van der Waals surface area contributed by atoms with E-state index in [4.69, 9.17) is 29.9 Å². The van der Waals surface area contributed by atoms with Crippen LogP contribution in [0.1, 0.15) is 72.9 Å². The lowest BCUT2D eigenvalue weighted by molar-refractivity contribution is -0.315. The van der Waals surface area contributed by atoms with Crippen LogP contribution in [0.5, 0.6) is 0 Å². The summed E-state index contributed by atoms with van der Waals surface area (Å²) >= 11 is 0. The van der Waals surface area contributed by atoms with Crippen LogP contribution in [0.15, 0.2) is 122 Å². The molecule has 2 aromatic heterocycles. The first-order valence-corrected chi connectivity index (χ1v) is 32.5. The molecule has 16 rings (SSSR count). The van der Waals surface area contributed by atoms with Gasteiger partial charge in [-0.25, -0.2) is 9.59 Å². The van der Waals surface area contributed by atoms with Crippen molar-refractivity contribution in [3.05, 3.63) is 155 Å². The molecule has 2 aliphatic carbocycles. The lowest BCUT2D eigenvalue weighted by atomic mass is 9.79. The summed E-state index contributed by atoms with van der Waals surface area (Å²) < 4.78 is 12.5. The fourth-order valence-corrected chi connectivity index (χ4v) is 16.5. The van der Waals surface area contributed by atoms with Gasteiger partial charge in [-0.15, -0.1) is 0 Å². The second-order valence-electron chi connectivity index (χ2n) is 27.1. The van der Waals surface area contributed by atoms with Gasteiger partial charge in [-0.2, -0.15) is 0 Å². The smallest absolute Gasteiger partial charge is 0.335 e. The van der Waals surface area contributed by atoms with Gasteiger partial charge >= 0.3 is 11.9 Å². The number of hydrogen-bond acceptors (Lipinski definition) is 16. The number of aromatic nitrogens is 2. The second kappa shape index (κ2) is 23.9. The molecular weight excluding hydrogens is 1240 g/mol. The highest BCUT2D eigenvalue weighted by Gasteiger charge is 2.72. The molecule has 6 saturated heterocycles. The van der Waals surface area contributed by atoms with Gasteiger partial charge < -0.3 is 61.0 Å². The van der Waals surface area contributed by atoms with E-state index in [9.17, 15) is 48.6 Å². The number of aliphatic hydroxyl groups is 4. The largest absolute Gasteiger partial charge is 0.479 e. The zero-order chi connectivity index (χ0) is 67.7. The van der Waals surface area contributed by atoms with Crippen LogP contribution in [0.4, 0.5) is 0 Å². The van der Waals surface area contributed by atoms with Gasteiger partial charge in [0.2, 0.25) is 35.1 Å². The number of carbonyl (C=O) groups is 8. The Morgan fingerprint density at radius 1 is 0.573 bits per heavy atom. The molecule has 26 heteroatoms. The molecule has 26 nitrogen and oxygen atoms in total. The van der Waals surface area contributed by atoms with Crippen molar-refractivity contribution in [2.45, 2.75) is 137 Å².